The molecule has 0 unspecified atom stereocenters. The molecule has 0 bridgehead atoms. The number of carbonyl (C=O) groups is 1. The van der Waals surface area contributed by atoms with Gasteiger partial charge in [0.1, 0.15) is 0 Å². The number of halogens is 2. The monoisotopic (exact) mass is 240 g/mol. The Labute approximate surface area is 98.3 Å². The molecule has 5 heteroatoms. The van der Waals surface area contributed by atoms with Crippen molar-refractivity contribution >= 4 is 17.7 Å². The second kappa shape index (κ2) is 5.98. The Hall–Kier alpha value is -1.91. The maximum absolute atomic E-state index is 13.3. The quantitative estimate of drug-likeness (QED) is 0.625. The molecule has 3 nitrogen and oxygen atoms in total. The molecule has 0 saturated carbocycles. The highest BCUT2D eigenvalue weighted by Crippen LogP contribution is 2.20. The molecule has 1 rings (SSSR count). The highest BCUT2D eigenvalue weighted by Gasteiger charge is 2.08. The predicted molar refractivity (Wildman–Crippen MR) is 63.1 cm³/mol. The van der Waals surface area contributed by atoms with Gasteiger partial charge in [-0.25, -0.2) is 8.78 Å². The van der Waals surface area contributed by atoms with Crippen molar-refractivity contribution in [2.75, 3.05) is 12.3 Å². The Morgan fingerprint density at radius 3 is 2.82 bits per heavy atom. The molecule has 1 amide bonds. The summed E-state index contributed by atoms with van der Waals surface area (Å²) >= 11 is 0. The standard InChI is InChI=1S/C12H14F2N2O/c1-8(17)16-7-3-2-4-9-11(15)6-5-10(13)12(9)14/h2,4-6H,3,7,15H2,1H3,(H,16,17). The lowest BCUT2D eigenvalue weighted by atomic mass is 10.1. The molecule has 1 aromatic carbocycles. The molecule has 0 aliphatic heterocycles. The molecular weight excluding hydrogens is 226 g/mol. The summed E-state index contributed by atoms with van der Waals surface area (Å²) < 4.78 is 26.2. The van der Waals surface area contributed by atoms with Crippen LogP contribution in [0.2, 0.25) is 0 Å². The van der Waals surface area contributed by atoms with Gasteiger partial charge in [-0.15, -0.1) is 0 Å². The maximum atomic E-state index is 13.3. The Morgan fingerprint density at radius 1 is 1.47 bits per heavy atom. The molecule has 17 heavy (non-hydrogen) atoms. The zero-order chi connectivity index (χ0) is 12.8. The van der Waals surface area contributed by atoms with E-state index >= 15 is 0 Å². The maximum Gasteiger partial charge on any atom is 0.216 e. The normalized spacial score (nSPS) is 10.8. The molecule has 0 atom stereocenters. The lowest BCUT2D eigenvalue weighted by Gasteiger charge is -2.03. The summed E-state index contributed by atoms with van der Waals surface area (Å²) in [7, 11) is 0. The SMILES string of the molecule is CC(=O)NCCC=Cc1c(N)ccc(F)c1F. The minimum Gasteiger partial charge on any atom is -0.398 e. The van der Waals surface area contributed by atoms with Gasteiger partial charge in [0.15, 0.2) is 11.6 Å². The average molecular weight is 240 g/mol. The topological polar surface area (TPSA) is 55.1 Å². The first-order chi connectivity index (χ1) is 8.02. The summed E-state index contributed by atoms with van der Waals surface area (Å²) in [5, 5.41) is 2.58. The largest absolute Gasteiger partial charge is 0.398 e. The number of hydrogen-bond donors (Lipinski definition) is 2. The Bertz CT molecular complexity index is 444. The first-order valence-electron chi connectivity index (χ1n) is 5.17. The third-order valence-electron chi connectivity index (χ3n) is 2.14. The average Bonchev–Trinajstić information content (AvgIpc) is 2.27. The third-order valence-corrected chi connectivity index (χ3v) is 2.14. The summed E-state index contributed by atoms with van der Waals surface area (Å²) in [4.78, 5) is 10.6. The van der Waals surface area contributed by atoms with Gasteiger partial charge in [0, 0.05) is 24.7 Å². The lowest BCUT2D eigenvalue weighted by Crippen LogP contribution is -2.20. The second-order valence-electron chi connectivity index (χ2n) is 3.54. The van der Waals surface area contributed by atoms with E-state index in [2.05, 4.69) is 5.32 Å². The minimum atomic E-state index is -0.958. The van der Waals surface area contributed by atoms with E-state index in [0.29, 0.717) is 13.0 Å². The molecule has 0 heterocycles. The van der Waals surface area contributed by atoms with E-state index in [1.165, 1.54) is 19.1 Å². The summed E-state index contributed by atoms with van der Waals surface area (Å²) in [6.45, 7) is 1.86. The van der Waals surface area contributed by atoms with Crippen LogP contribution in [0.5, 0.6) is 0 Å². The van der Waals surface area contributed by atoms with Crippen molar-refractivity contribution in [1.29, 1.82) is 0 Å². The van der Waals surface area contributed by atoms with E-state index in [9.17, 15) is 13.6 Å². The Balaban J connectivity index is 2.65. The number of amides is 1. The van der Waals surface area contributed by atoms with Crippen molar-refractivity contribution < 1.29 is 13.6 Å². The van der Waals surface area contributed by atoms with Gasteiger partial charge in [-0.05, 0) is 18.6 Å². The molecule has 0 fully saturated rings. The molecule has 0 saturated heterocycles. The van der Waals surface area contributed by atoms with E-state index in [0.717, 1.165) is 6.07 Å². The van der Waals surface area contributed by atoms with Crippen LogP contribution in [0.15, 0.2) is 18.2 Å². The Morgan fingerprint density at radius 2 is 2.18 bits per heavy atom. The van der Waals surface area contributed by atoms with Crippen molar-refractivity contribution in [3.63, 3.8) is 0 Å². The summed E-state index contributed by atoms with van der Waals surface area (Å²) in [6.07, 6.45) is 3.56. The third kappa shape index (κ3) is 3.86. The molecule has 3 N–H and O–H groups in total. The molecule has 0 aromatic heterocycles. The summed E-state index contributed by atoms with van der Waals surface area (Å²) in [6, 6.07) is 2.30. The summed E-state index contributed by atoms with van der Waals surface area (Å²) in [5.41, 5.74) is 5.74. The number of rotatable bonds is 4. The van der Waals surface area contributed by atoms with Crippen LogP contribution in [-0.4, -0.2) is 12.5 Å². The lowest BCUT2D eigenvalue weighted by molar-refractivity contribution is -0.118. The van der Waals surface area contributed by atoms with Crippen molar-refractivity contribution in [3.8, 4) is 0 Å². The molecule has 92 valence electrons. The van der Waals surface area contributed by atoms with Gasteiger partial charge < -0.3 is 11.1 Å². The molecule has 0 radical (unpaired) electrons. The number of nitrogens with one attached hydrogen (secondary N) is 1. The predicted octanol–water partition coefficient (Wildman–Crippen LogP) is 2.09. The number of nitrogens with two attached hydrogens (primary N) is 1. The van der Waals surface area contributed by atoms with Crippen LogP contribution in [-0.2, 0) is 4.79 Å². The number of benzene rings is 1. The minimum absolute atomic E-state index is 0.0350. The number of hydrogen-bond acceptors (Lipinski definition) is 2. The zero-order valence-corrected chi connectivity index (χ0v) is 9.47. The van der Waals surface area contributed by atoms with E-state index in [4.69, 9.17) is 5.73 Å². The van der Waals surface area contributed by atoms with E-state index in [1.54, 1.807) is 6.08 Å². The highest BCUT2D eigenvalue weighted by molar-refractivity contribution is 5.72. The summed E-state index contributed by atoms with van der Waals surface area (Å²) in [5.74, 6) is -2.02. The van der Waals surface area contributed by atoms with E-state index < -0.39 is 11.6 Å². The first-order valence-corrected chi connectivity index (χ1v) is 5.17. The molecule has 0 aliphatic carbocycles. The second-order valence-corrected chi connectivity index (χ2v) is 3.54. The fourth-order valence-electron chi connectivity index (χ4n) is 1.28. The fourth-order valence-corrected chi connectivity index (χ4v) is 1.28. The van der Waals surface area contributed by atoms with E-state index in [-0.39, 0.29) is 17.2 Å². The molecule has 0 aliphatic rings. The van der Waals surface area contributed by atoms with Crippen LogP contribution in [0.25, 0.3) is 6.08 Å². The zero-order valence-electron chi connectivity index (χ0n) is 9.47. The van der Waals surface area contributed by atoms with Gasteiger partial charge in [0.25, 0.3) is 0 Å². The van der Waals surface area contributed by atoms with E-state index in [1.807, 2.05) is 0 Å². The number of carbonyl (C=O) groups excluding carboxylic acids is 1. The van der Waals surface area contributed by atoms with Crippen molar-refractivity contribution in [3.05, 3.63) is 35.4 Å². The van der Waals surface area contributed by atoms with Crippen LogP contribution in [0.4, 0.5) is 14.5 Å². The Kier molecular flexibility index (Phi) is 4.63. The van der Waals surface area contributed by atoms with Gasteiger partial charge in [-0.1, -0.05) is 12.2 Å². The van der Waals surface area contributed by atoms with Crippen LogP contribution in [0, 0.1) is 11.6 Å². The van der Waals surface area contributed by atoms with Gasteiger partial charge in [0.2, 0.25) is 5.91 Å². The van der Waals surface area contributed by atoms with Crippen LogP contribution in [0.1, 0.15) is 18.9 Å². The van der Waals surface area contributed by atoms with Gasteiger partial charge in [0.05, 0.1) is 0 Å². The van der Waals surface area contributed by atoms with Crippen molar-refractivity contribution in [2.24, 2.45) is 0 Å². The van der Waals surface area contributed by atoms with Gasteiger partial charge in [-0.2, -0.15) is 0 Å². The van der Waals surface area contributed by atoms with Gasteiger partial charge >= 0.3 is 0 Å². The van der Waals surface area contributed by atoms with Crippen LogP contribution >= 0.6 is 0 Å². The highest BCUT2D eigenvalue weighted by atomic mass is 19.2. The van der Waals surface area contributed by atoms with Crippen LogP contribution < -0.4 is 11.1 Å². The first kappa shape index (κ1) is 13.2. The molecule has 0 spiro atoms. The van der Waals surface area contributed by atoms with Crippen molar-refractivity contribution in [1.82, 2.24) is 5.32 Å². The van der Waals surface area contributed by atoms with Gasteiger partial charge in [-0.3, -0.25) is 4.79 Å². The molecular formula is C12H14F2N2O. The van der Waals surface area contributed by atoms with Crippen LogP contribution in [0.3, 0.4) is 0 Å². The van der Waals surface area contributed by atoms with Crippen molar-refractivity contribution in [2.45, 2.75) is 13.3 Å². The molecule has 1 aromatic rings. The number of anilines is 1. The number of nitrogen functional groups attached to an aromatic ring is 1. The smallest absolute Gasteiger partial charge is 0.216 e. The fraction of sp³-hybridized carbons (Fsp3) is 0.250.